The van der Waals surface area contributed by atoms with Crippen LogP contribution in [0.4, 0.5) is 13.2 Å². The minimum absolute atomic E-state index is 0.0627. The third-order valence-corrected chi connectivity index (χ3v) is 4.93. The van der Waals surface area contributed by atoms with Gasteiger partial charge in [0.2, 0.25) is 0 Å². The van der Waals surface area contributed by atoms with Crippen LogP contribution in [0.2, 0.25) is 0 Å². The van der Waals surface area contributed by atoms with Crippen LogP contribution in [0.1, 0.15) is 18.2 Å². The van der Waals surface area contributed by atoms with Crippen molar-refractivity contribution in [2.24, 2.45) is 0 Å². The molecule has 0 radical (unpaired) electrons. The summed E-state index contributed by atoms with van der Waals surface area (Å²) in [6, 6.07) is 2.60. The Morgan fingerprint density at radius 1 is 1.31 bits per heavy atom. The Kier molecular flexibility index (Phi) is 4.28. The zero-order valence-electron chi connectivity index (χ0n) is 14.3. The Morgan fingerprint density at radius 2 is 2.15 bits per heavy atom. The molecule has 2 atom stereocenters. The summed E-state index contributed by atoms with van der Waals surface area (Å²) < 4.78 is 43.4. The van der Waals surface area contributed by atoms with Crippen molar-refractivity contribution in [3.63, 3.8) is 0 Å². The van der Waals surface area contributed by atoms with E-state index in [1.165, 1.54) is 23.5 Å². The minimum Gasteiger partial charge on any atom is -0.475 e. The molecule has 0 bridgehead atoms. The third-order valence-electron chi connectivity index (χ3n) is 4.93. The first kappa shape index (κ1) is 17.2. The molecular formula is C17H20F3N5O. The highest BCUT2D eigenvalue weighted by Crippen LogP contribution is 2.29. The number of nitrogens with zero attached hydrogens (tertiary/aromatic N) is 3. The van der Waals surface area contributed by atoms with Crippen molar-refractivity contribution in [2.45, 2.75) is 31.9 Å². The van der Waals surface area contributed by atoms with Gasteiger partial charge in [0.1, 0.15) is 18.0 Å². The fraction of sp³-hybridized carbons (Fsp3) is 0.471. The fourth-order valence-corrected chi connectivity index (χ4v) is 3.52. The summed E-state index contributed by atoms with van der Waals surface area (Å²) in [5.74, 6) is 0. The van der Waals surface area contributed by atoms with Gasteiger partial charge < -0.3 is 15.1 Å². The average Bonchev–Trinajstić information content (AvgIpc) is 3.23. The highest BCUT2D eigenvalue weighted by Gasteiger charge is 2.38. The van der Waals surface area contributed by atoms with E-state index in [4.69, 9.17) is 4.74 Å². The van der Waals surface area contributed by atoms with Crippen LogP contribution in [0.5, 0.6) is 0 Å². The largest absolute Gasteiger partial charge is 0.475 e. The van der Waals surface area contributed by atoms with Gasteiger partial charge in [-0.15, -0.1) is 0 Å². The van der Waals surface area contributed by atoms with E-state index >= 15 is 0 Å². The smallest absolute Gasteiger partial charge is 0.433 e. The number of rotatable bonds is 3. The van der Waals surface area contributed by atoms with E-state index in [0.717, 1.165) is 31.3 Å². The van der Waals surface area contributed by atoms with Crippen molar-refractivity contribution in [2.75, 3.05) is 19.6 Å². The molecule has 0 aromatic carbocycles. The van der Waals surface area contributed by atoms with Crippen molar-refractivity contribution in [1.82, 2.24) is 25.6 Å². The summed E-state index contributed by atoms with van der Waals surface area (Å²) in [6.07, 6.45) is 0.216. The van der Waals surface area contributed by atoms with E-state index < -0.39 is 11.9 Å². The molecule has 6 nitrogen and oxygen atoms in total. The second-order valence-electron chi connectivity index (χ2n) is 6.67. The van der Waals surface area contributed by atoms with Crippen LogP contribution in [0.15, 0.2) is 42.1 Å². The summed E-state index contributed by atoms with van der Waals surface area (Å²) >= 11 is 0. The predicted octanol–water partition coefficient (Wildman–Crippen LogP) is 1.80. The molecule has 9 heteroatoms. The molecule has 1 aromatic heterocycles. The molecule has 1 saturated heterocycles. The topological polar surface area (TPSA) is 52.7 Å². The Morgan fingerprint density at radius 3 is 2.81 bits per heavy atom. The second kappa shape index (κ2) is 6.48. The Labute approximate surface area is 149 Å². The van der Waals surface area contributed by atoms with Gasteiger partial charge in [0.15, 0.2) is 6.23 Å². The molecule has 0 saturated carbocycles. The molecule has 0 aliphatic carbocycles. The maximum absolute atomic E-state index is 12.6. The van der Waals surface area contributed by atoms with E-state index in [1.807, 2.05) is 0 Å². The highest BCUT2D eigenvalue weighted by molar-refractivity contribution is 5.27. The standard InChI is InChI=1S/C17H20F3N5O/c1-11-13-10-24(9-12-2-3-14(22-8-12)17(18,19)20)5-6-25(13)23-15(11)16-21-4-7-26-16/h2-4,7-8,15-16,21,23H,5-6,9-10H2,1H3. The zero-order valence-corrected chi connectivity index (χ0v) is 14.3. The molecule has 3 aliphatic rings. The van der Waals surface area contributed by atoms with Crippen LogP contribution in [0, 0.1) is 0 Å². The number of fused-ring (bicyclic) bond motifs is 1. The maximum atomic E-state index is 12.6. The first-order chi connectivity index (χ1) is 12.4. The monoisotopic (exact) mass is 367 g/mol. The van der Waals surface area contributed by atoms with Gasteiger partial charge in [0.25, 0.3) is 0 Å². The predicted molar refractivity (Wildman–Crippen MR) is 88.0 cm³/mol. The number of alkyl halides is 3. The van der Waals surface area contributed by atoms with Gasteiger partial charge in [-0.1, -0.05) is 6.07 Å². The van der Waals surface area contributed by atoms with Crippen molar-refractivity contribution in [3.05, 3.63) is 53.3 Å². The van der Waals surface area contributed by atoms with Crippen LogP contribution < -0.4 is 10.7 Å². The Hall–Kier alpha value is -2.26. The Bertz CT molecular complexity index is 723. The molecule has 4 heterocycles. The second-order valence-corrected chi connectivity index (χ2v) is 6.67. The molecule has 3 aliphatic heterocycles. The number of aromatic nitrogens is 1. The molecule has 1 fully saturated rings. The summed E-state index contributed by atoms with van der Waals surface area (Å²) in [5, 5.41) is 5.31. The van der Waals surface area contributed by atoms with Gasteiger partial charge in [-0.25, -0.2) is 5.43 Å². The number of hydrogen-bond acceptors (Lipinski definition) is 6. The zero-order chi connectivity index (χ0) is 18.3. The number of ether oxygens (including phenoxy) is 1. The minimum atomic E-state index is -4.40. The van der Waals surface area contributed by atoms with E-state index in [1.54, 1.807) is 12.5 Å². The quantitative estimate of drug-likeness (QED) is 0.850. The highest BCUT2D eigenvalue weighted by atomic mass is 19.4. The van der Waals surface area contributed by atoms with Gasteiger partial charge in [-0.3, -0.25) is 9.88 Å². The molecule has 0 spiro atoms. The van der Waals surface area contributed by atoms with E-state index in [0.29, 0.717) is 6.54 Å². The fourth-order valence-electron chi connectivity index (χ4n) is 3.52. The van der Waals surface area contributed by atoms with Gasteiger partial charge >= 0.3 is 6.18 Å². The van der Waals surface area contributed by atoms with Crippen LogP contribution in [0.25, 0.3) is 0 Å². The van der Waals surface area contributed by atoms with Crippen molar-refractivity contribution < 1.29 is 17.9 Å². The van der Waals surface area contributed by atoms with Crippen molar-refractivity contribution in [1.29, 1.82) is 0 Å². The molecule has 2 N–H and O–H groups in total. The summed E-state index contributed by atoms with van der Waals surface area (Å²) in [5.41, 5.74) is 5.78. The lowest BCUT2D eigenvalue weighted by Crippen LogP contribution is -2.51. The van der Waals surface area contributed by atoms with Crippen molar-refractivity contribution >= 4 is 0 Å². The molecule has 2 unspecified atom stereocenters. The van der Waals surface area contributed by atoms with Crippen LogP contribution in [-0.2, 0) is 17.5 Å². The normalized spacial score (nSPS) is 26.1. The van der Waals surface area contributed by atoms with Crippen molar-refractivity contribution in [3.8, 4) is 0 Å². The third kappa shape index (κ3) is 3.24. The number of hydrogen-bond donors (Lipinski definition) is 2. The molecule has 26 heavy (non-hydrogen) atoms. The Balaban J connectivity index is 1.42. The van der Waals surface area contributed by atoms with Gasteiger partial charge in [0, 0.05) is 44.3 Å². The number of nitrogens with one attached hydrogen (secondary N) is 2. The molecular weight excluding hydrogens is 347 g/mol. The number of pyridine rings is 1. The summed E-state index contributed by atoms with van der Waals surface area (Å²) in [4.78, 5) is 5.76. The SMILES string of the molecule is CC1=C2CN(Cc3ccc(C(F)(F)F)nc3)CCN2NC1C1NC=CO1. The van der Waals surface area contributed by atoms with Gasteiger partial charge in [-0.2, -0.15) is 13.2 Å². The van der Waals surface area contributed by atoms with Crippen LogP contribution in [0.3, 0.4) is 0 Å². The average molecular weight is 367 g/mol. The summed E-state index contributed by atoms with van der Waals surface area (Å²) in [6.45, 7) is 5.00. The lowest BCUT2D eigenvalue weighted by molar-refractivity contribution is -0.141. The molecule has 0 amide bonds. The molecule has 140 valence electrons. The number of piperazine rings is 1. The lowest BCUT2D eigenvalue weighted by Gasteiger charge is -2.35. The van der Waals surface area contributed by atoms with E-state index in [2.05, 4.69) is 32.6 Å². The van der Waals surface area contributed by atoms with E-state index in [-0.39, 0.29) is 12.3 Å². The van der Waals surface area contributed by atoms with Crippen LogP contribution >= 0.6 is 0 Å². The maximum Gasteiger partial charge on any atom is 0.433 e. The molecule has 1 aromatic rings. The molecule has 4 rings (SSSR count). The first-order valence-corrected chi connectivity index (χ1v) is 8.46. The lowest BCUT2D eigenvalue weighted by atomic mass is 10.1. The van der Waals surface area contributed by atoms with Gasteiger partial charge in [-0.05, 0) is 24.1 Å². The van der Waals surface area contributed by atoms with Crippen LogP contribution in [-0.4, -0.2) is 46.8 Å². The number of halogens is 3. The van der Waals surface area contributed by atoms with E-state index in [9.17, 15) is 13.2 Å². The first-order valence-electron chi connectivity index (χ1n) is 8.46. The van der Waals surface area contributed by atoms with Gasteiger partial charge in [0.05, 0.1) is 0 Å². The summed E-state index contributed by atoms with van der Waals surface area (Å²) in [7, 11) is 0. The number of hydrazine groups is 1.